The lowest BCUT2D eigenvalue weighted by atomic mass is 9.82. The predicted molar refractivity (Wildman–Crippen MR) is 232 cm³/mol. The van der Waals surface area contributed by atoms with Crippen LogP contribution in [-0.2, 0) is 5.41 Å². The molecule has 260 valence electrons. The molecule has 0 amide bonds. The van der Waals surface area contributed by atoms with Crippen molar-refractivity contribution in [3.05, 3.63) is 199 Å². The molecule has 3 nitrogen and oxygen atoms in total. The fraction of sp³-hybridized carbons (Fsp3) is 0.0577. The first kappa shape index (κ1) is 31.5. The molecule has 1 aromatic heterocycles. The highest BCUT2D eigenvalue weighted by Crippen LogP contribution is 2.55. The summed E-state index contributed by atoms with van der Waals surface area (Å²) in [6.07, 6.45) is 0. The lowest BCUT2D eigenvalue weighted by Crippen LogP contribution is -2.16. The van der Waals surface area contributed by atoms with Crippen molar-refractivity contribution in [2.75, 3.05) is 9.80 Å². The van der Waals surface area contributed by atoms with Crippen LogP contribution in [0.5, 0.6) is 0 Å². The van der Waals surface area contributed by atoms with Gasteiger partial charge in [0.25, 0.3) is 0 Å². The van der Waals surface area contributed by atoms with Crippen LogP contribution in [-0.4, -0.2) is 4.98 Å². The summed E-state index contributed by atoms with van der Waals surface area (Å²) in [5.74, 6) is 0.886. The first-order chi connectivity index (χ1) is 27.1. The van der Waals surface area contributed by atoms with E-state index in [1.165, 1.54) is 60.3 Å². The molecule has 1 heterocycles. The van der Waals surface area contributed by atoms with E-state index in [2.05, 4.69) is 212 Å². The second-order valence-electron chi connectivity index (χ2n) is 15.2. The van der Waals surface area contributed by atoms with Gasteiger partial charge < -0.3 is 4.90 Å². The molecule has 0 radical (unpaired) electrons. The van der Waals surface area contributed by atoms with Gasteiger partial charge in [0.2, 0.25) is 0 Å². The van der Waals surface area contributed by atoms with Crippen LogP contribution in [0.25, 0.3) is 54.3 Å². The minimum absolute atomic E-state index is 0.103. The standard InChI is InChI=1S/C52H37N3/c1-52(2)42-20-11-10-19-39(42)51-43(52)21-13-23-47(51)54(37-15-5-3-6-16-37)45-31-26-35-25-30-41-46(32-27-36-24-29-40(45)49(35)50(36)41)55(38-17-7-4-8-18-38)48-33-28-34-14-9-12-22-44(34)53-48/h3-33H,1-2H3. The maximum Gasteiger partial charge on any atom is 0.138 e. The van der Waals surface area contributed by atoms with Gasteiger partial charge in [-0.1, -0.05) is 141 Å². The molecule has 0 spiro atoms. The summed E-state index contributed by atoms with van der Waals surface area (Å²) in [6, 6.07) is 68.3. The van der Waals surface area contributed by atoms with Crippen LogP contribution in [0, 0.1) is 0 Å². The first-order valence-electron chi connectivity index (χ1n) is 19.1. The molecule has 0 atom stereocenters. The molecule has 1 aliphatic carbocycles. The molecular formula is C52H37N3. The van der Waals surface area contributed by atoms with E-state index >= 15 is 0 Å². The maximum atomic E-state index is 5.22. The normalized spacial score (nSPS) is 13.1. The number of aromatic nitrogens is 1. The summed E-state index contributed by atoms with van der Waals surface area (Å²) in [5.41, 5.74) is 11.9. The van der Waals surface area contributed by atoms with E-state index in [4.69, 9.17) is 4.98 Å². The highest BCUT2D eigenvalue weighted by molar-refractivity contribution is 6.28. The Morgan fingerprint density at radius 1 is 0.400 bits per heavy atom. The Labute approximate surface area is 320 Å². The minimum Gasteiger partial charge on any atom is -0.309 e. The average Bonchev–Trinajstić information content (AvgIpc) is 3.48. The molecule has 0 aliphatic heterocycles. The molecule has 55 heavy (non-hydrogen) atoms. The third-order valence-corrected chi connectivity index (χ3v) is 11.8. The molecule has 0 saturated heterocycles. The van der Waals surface area contributed by atoms with Crippen LogP contribution in [0.4, 0.5) is 34.3 Å². The molecule has 0 N–H and O–H groups in total. The van der Waals surface area contributed by atoms with Crippen molar-refractivity contribution < 1.29 is 0 Å². The van der Waals surface area contributed by atoms with Gasteiger partial charge in [-0.15, -0.1) is 0 Å². The van der Waals surface area contributed by atoms with Crippen molar-refractivity contribution in [1.29, 1.82) is 0 Å². The zero-order valence-electron chi connectivity index (χ0n) is 30.7. The number of rotatable bonds is 6. The fourth-order valence-electron chi connectivity index (χ4n) is 9.22. The highest BCUT2D eigenvalue weighted by Gasteiger charge is 2.38. The van der Waals surface area contributed by atoms with Crippen molar-refractivity contribution in [2.45, 2.75) is 19.3 Å². The van der Waals surface area contributed by atoms with Crippen molar-refractivity contribution in [1.82, 2.24) is 4.98 Å². The zero-order valence-corrected chi connectivity index (χ0v) is 30.7. The number of pyridine rings is 1. The monoisotopic (exact) mass is 703 g/mol. The van der Waals surface area contributed by atoms with E-state index in [0.717, 1.165) is 39.5 Å². The summed E-state index contributed by atoms with van der Waals surface area (Å²) in [6.45, 7) is 4.71. The third kappa shape index (κ3) is 4.73. The molecule has 0 fully saturated rings. The Morgan fingerprint density at radius 3 is 1.65 bits per heavy atom. The topological polar surface area (TPSA) is 19.4 Å². The van der Waals surface area contributed by atoms with E-state index in [9.17, 15) is 0 Å². The fourth-order valence-corrected chi connectivity index (χ4v) is 9.22. The van der Waals surface area contributed by atoms with E-state index in [1.807, 2.05) is 0 Å². The maximum absolute atomic E-state index is 5.22. The summed E-state index contributed by atoms with van der Waals surface area (Å²) < 4.78 is 0. The molecule has 0 unspecified atom stereocenters. The van der Waals surface area contributed by atoms with Gasteiger partial charge in [-0.05, 0) is 98.9 Å². The van der Waals surface area contributed by atoms with Crippen molar-refractivity contribution in [3.63, 3.8) is 0 Å². The summed E-state index contributed by atoms with van der Waals surface area (Å²) in [5, 5.41) is 8.50. The van der Waals surface area contributed by atoms with Gasteiger partial charge in [0, 0.05) is 38.5 Å². The Hall–Kier alpha value is -6.97. The van der Waals surface area contributed by atoms with Gasteiger partial charge in [-0.25, -0.2) is 4.98 Å². The Balaban J connectivity index is 1.18. The number of anilines is 6. The predicted octanol–water partition coefficient (Wildman–Crippen LogP) is 14.4. The summed E-state index contributed by atoms with van der Waals surface area (Å²) >= 11 is 0. The largest absolute Gasteiger partial charge is 0.309 e. The number of nitrogens with zero attached hydrogens (tertiary/aromatic N) is 3. The molecule has 0 saturated carbocycles. The first-order valence-corrected chi connectivity index (χ1v) is 19.1. The van der Waals surface area contributed by atoms with Crippen molar-refractivity contribution in [3.8, 4) is 11.1 Å². The minimum atomic E-state index is -0.103. The molecule has 11 rings (SSSR count). The van der Waals surface area contributed by atoms with E-state index in [1.54, 1.807) is 0 Å². The zero-order chi connectivity index (χ0) is 36.7. The van der Waals surface area contributed by atoms with Crippen LogP contribution >= 0.6 is 0 Å². The van der Waals surface area contributed by atoms with Crippen LogP contribution in [0.2, 0.25) is 0 Å². The van der Waals surface area contributed by atoms with Gasteiger partial charge >= 0.3 is 0 Å². The second-order valence-corrected chi connectivity index (χ2v) is 15.2. The number of fused-ring (bicyclic) bond motifs is 4. The molecule has 10 aromatic rings. The van der Waals surface area contributed by atoms with Gasteiger partial charge in [0.1, 0.15) is 5.82 Å². The Bertz CT molecular complexity index is 3080. The molecule has 3 heteroatoms. The molecule has 9 aromatic carbocycles. The summed E-state index contributed by atoms with van der Waals surface area (Å²) in [7, 11) is 0. The lowest BCUT2D eigenvalue weighted by Gasteiger charge is -2.30. The number of hydrogen-bond donors (Lipinski definition) is 0. The Morgan fingerprint density at radius 2 is 0.945 bits per heavy atom. The number of para-hydroxylation sites is 3. The van der Waals surface area contributed by atoms with Gasteiger partial charge in [-0.2, -0.15) is 0 Å². The number of hydrogen-bond acceptors (Lipinski definition) is 3. The average molecular weight is 704 g/mol. The van der Waals surface area contributed by atoms with Gasteiger partial charge in [-0.3, -0.25) is 4.90 Å². The van der Waals surface area contributed by atoms with Crippen LogP contribution in [0.1, 0.15) is 25.0 Å². The Kier molecular flexibility index (Phi) is 6.90. The molecular weight excluding hydrogens is 667 g/mol. The number of benzene rings is 9. The smallest absolute Gasteiger partial charge is 0.138 e. The van der Waals surface area contributed by atoms with Gasteiger partial charge in [0.15, 0.2) is 0 Å². The van der Waals surface area contributed by atoms with Crippen LogP contribution < -0.4 is 9.80 Å². The SMILES string of the molecule is CC1(C)c2ccccc2-c2c(N(c3ccccc3)c3ccc4ccc5c(N(c6ccccc6)c6ccc7ccccc7n6)ccc6ccc3c4c65)cccc21. The lowest BCUT2D eigenvalue weighted by molar-refractivity contribution is 0.660. The van der Waals surface area contributed by atoms with Crippen molar-refractivity contribution in [2.24, 2.45) is 0 Å². The second kappa shape index (κ2) is 12.0. The highest BCUT2D eigenvalue weighted by atomic mass is 15.2. The molecule has 0 bridgehead atoms. The third-order valence-electron chi connectivity index (χ3n) is 11.8. The van der Waals surface area contributed by atoms with E-state index < -0.39 is 0 Å². The van der Waals surface area contributed by atoms with Gasteiger partial charge in [0.05, 0.1) is 22.6 Å². The molecule has 1 aliphatic rings. The quantitative estimate of drug-likeness (QED) is 0.161. The summed E-state index contributed by atoms with van der Waals surface area (Å²) in [4.78, 5) is 10.0. The van der Waals surface area contributed by atoms with Crippen molar-refractivity contribution >= 4 is 77.5 Å². The van der Waals surface area contributed by atoms with Crippen LogP contribution in [0.3, 0.4) is 0 Å². The van der Waals surface area contributed by atoms with E-state index in [0.29, 0.717) is 0 Å². The van der Waals surface area contributed by atoms with Crippen LogP contribution in [0.15, 0.2) is 188 Å². The van der Waals surface area contributed by atoms with E-state index in [-0.39, 0.29) is 5.41 Å².